The van der Waals surface area contributed by atoms with E-state index in [4.69, 9.17) is 0 Å². The number of urea groups is 1. The Morgan fingerprint density at radius 2 is 2.00 bits per heavy atom. The highest BCUT2D eigenvalue weighted by Gasteiger charge is 2.51. The van der Waals surface area contributed by atoms with E-state index in [0.29, 0.717) is 11.8 Å². The molecule has 0 aromatic carbocycles. The first-order valence-electron chi connectivity index (χ1n) is 4.55. The van der Waals surface area contributed by atoms with Crippen molar-refractivity contribution >= 4 is 11.9 Å². The first-order chi connectivity index (χ1) is 6.25. The van der Waals surface area contributed by atoms with Crippen LogP contribution in [0.1, 0.15) is 6.42 Å². The van der Waals surface area contributed by atoms with E-state index in [-0.39, 0.29) is 23.9 Å². The van der Waals surface area contributed by atoms with Gasteiger partial charge in [0.05, 0.1) is 5.92 Å². The van der Waals surface area contributed by atoms with Crippen molar-refractivity contribution in [2.45, 2.75) is 12.5 Å². The Morgan fingerprint density at radius 1 is 1.23 bits per heavy atom. The Balaban J connectivity index is 1.98. The molecular formula is C9H10N2O2. The van der Waals surface area contributed by atoms with Crippen LogP contribution in [-0.4, -0.2) is 18.0 Å². The summed E-state index contributed by atoms with van der Waals surface area (Å²) in [5.74, 6) is 0.596. The zero-order valence-corrected chi connectivity index (χ0v) is 6.99. The lowest BCUT2D eigenvalue weighted by Crippen LogP contribution is -2.59. The second-order valence-corrected chi connectivity index (χ2v) is 3.96. The zero-order valence-electron chi connectivity index (χ0n) is 6.99. The lowest BCUT2D eigenvalue weighted by atomic mass is 9.87. The molecular weight excluding hydrogens is 168 g/mol. The molecule has 1 aliphatic heterocycles. The smallest absolute Gasteiger partial charge is 0.321 e. The Labute approximate surface area is 75.4 Å². The van der Waals surface area contributed by atoms with E-state index in [1.165, 1.54) is 0 Å². The number of rotatable bonds is 0. The van der Waals surface area contributed by atoms with E-state index in [9.17, 15) is 9.59 Å². The molecule has 2 aliphatic carbocycles. The lowest BCUT2D eigenvalue weighted by Gasteiger charge is -2.31. The van der Waals surface area contributed by atoms with E-state index in [1.54, 1.807) is 0 Å². The molecule has 2 N–H and O–H groups in total. The number of hydrogen-bond acceptors (Lipinski definition) is 2. The second kappa shape index (κ2) is 2.13. The van der Waals surface area contributed by atoms with Gasteiger partial charge in [-0.15, -0.1) is 0 Å². The minimum atomic E-state index is -0.341. The fourth-order valence-electron chi connectivity index (χ4n) is 2.76. The van der Waals surface area contributed by atoms with Gasteiger partial charge < -0.3 is 5.32 Å². The van der Waals surface area contributed by atoms with Crippen LogP contribution in [0.4, 0.5) is 4.79 Å². The molecule has 13 heavy (non-hydrogen) atoms. The summed E-state index contributed by atoms with van der Waals surface area (Å²) in [6.07, 6.45) is 5.23. The Bertz CT molecular complexity index is 324. The van der Waals surface area contributed by atoms with E-state index >= 15 is 0 Å². The molecule has 1 saturated heterocycles. The number of imide groups is 1. The van der Waals surface area contributed by atoms with E-state index in [0.717, 1.165) is 6.42 Å². The quantitative estimate of drug-likeness (QED) is 0.513. The van der Waals surface area contributed by atoms with Crippen LogP contribution in [0.25, 0.3) is 0 Å². The third-order valence-electron chi connectivity index (χ3n) is 3.30. The van der Waals surface area contributed by atoms with Crippen LogP contribution in [0.2, 0.25) is 0 Å². The summed E-state index contributed by atoms with van der Waals surface area (Å²) in [5.41, 5.74) is 0. The number of carbonyl (C=O) groups is 2. The predicted octanol–water partition coefficient (Wildman–Crippen LogP) is 0.0165. The van der Waals surface area contributed by atoms with Gasteiger partial charge >= 0.3 is 6.03 Å². The van der Waals surface area contributed by atoms with Crippen LogP contribution in [0.3, 0.4) is 0 Å². The molecule has 2 bridgehead atoms. The molecule has 1 saturated carbocycles. The lowest BCUT2D eigenvalue weighted by molar-refractivity contribution is -0.126. The largest absolute Gasteiger partial charge is 0.334 e. The highest BCUT2D eigenvalue weighted by Crippen LogP contribution is 2.44. The molecule has 4 heteroatoms. The number of nitrogens with one attached hydrogen (secondary N) is 2. The summed E-state index contributed by atoms with van der Waals surface area (Å²) < 4.78 is 0. The summed E-state index contributed by atoms with van der Waals surface area (Å²) in [6.45, 7) is 0. The van der Waals surface area contributed by atoms with Crippen molar-refractivity contribution in [2.24, 2.45) is 17.8 Å². The highest BCUT2D eigenvalue weighted by molar-refractivity contribution is 5.99. The molecule has 1 heterocycles. The average Bonchev–Trinajstić information content (AvgIpc) is 2.62. The molecule has 3 amide bonds. The summed E-state index contributed by atoms with van der Waals surface area (Å²) in [6, 6.07) is -0.288. The monoisotopic (exact) mass is 178 g/mol. The number of allylic oxidation sites excluding steroid dienone is 1. The van der Waals surface area contributed by atoms with E-state index < -0.39 is 0 Å². The topological polar surface area (TPSA) is 58.2 Å². The molecule has 0 radical (unpaired) electrons. The van der Waals surface area contributed by atoms with Crippen LogP contribution in [0.15, 0.2) is 12.2 Å². The third kappa shape index (κ3) is 0.802. The van der Waals surface area contributed by atoms with Gasteiger partial charge in [0.15, 0.2) is 0 Å². The molecule has 0 aromatic rings. The van der Waals surface area contributed by atoms with Crippen molar-refractivity contribution in [1.82, 2.24) is 10.6 Å². The number of amides is 3. The number of fused-ring (bicyclic) bond motifs is 5. The second-order valence-electron chi connectivity index (χ2n) is 3.96. The van der Waals surface area contributed by atoms with Gasteiger partial charge in [0.2, 0.25) is 5.91 Å². The zero-order chi connectivity index (χ0) is 9.00. The van der Waals surface area contributed by atoms with Crippen molar-refractivity contribution in [2.75, 3.05) is 0 Å². The van der Waals surface area contributed by atoms with Gasteiger partial charge in [-0.2, -0.15) is 0 Å². The van der Waals surface area contributed by atoms with Crippen molar-refractivity contribution in [3.8, 4) is 0 Å². The van der Waals surface area contributed by atoms with Gasteiger partial charge in [-0.05, 0) is 18.3 Å². The van der Waals surface area contributed by atoms with Gasteiger partial charge in [0.1, 0.15) is 0 Å². The normalized spacial score (nSPS) is 45.8. The third-order valence-corrected chi connectivity index (χ3v) is 3.30. The SMILES string of the molecule is O=C1NC(=O)[C@@H]2[C@H](N1)[C@H]1C=C[C@@H]2C1. The van der Waals surface area contributed by atoms with Gasteiger partial charge in [-0.3, -0.25) is 10.1 Å². The highest BCUT2D eigenvalue weighted by atomic mass is 16.2. The standard InChI is InChI=1S/C9H10N2O2/c12-8-6-4-1-2-5(3-4)7(6)10-9(13)11-8/h1-2,4-7H,3H2,(H2,10,11,12,13)/t4-,5+,6+,7-/m1/s1. The van der Waals surface area contributed by atoms with E-state index in [2.05, 4.69) is 22.8 Å². The molecule has 68 valence electrons. The van der Waals surface area contributed by atoms with Crippen molar-refractivity contribution in [3.63, 3.8) is 0 Å². The fourth-order valence-corrected chi connectivity index (χ4v) is 2.76. The molecule has 0 aromatic heterocycles. The average molecular weight is 178 g/mol. The minimum Gasteiger partial charge on any atom is -0.334 e. The van der Waals surface area contributed by atoms with Crippen LogP contribution >= 0.6 is 0 Å². The van der Waals surface area contributed by atoms with Crippen molar-refractivity contribution in [1.29, 1.82) is 0 Å². The minimum absolute atomic E-state index is 0.0206. The summed E-state index contributed by atoms with van der Waals surface area (Å²) in [7, 11) is 0. The Kier molecular flexibility index (Phi) is 1.17. The number of hydrogen-bond donors (Lipinski definition) is 2. The summed E-state index contributed by atoms with van der Waals surface area (Å²) >= 11 is 0. The van der Waals surface area contributed by atoms with E-state index in [1.807, 2.05) is 0 Å². The molecule has 3 aliphatic rings. The van der Waals surface area contributed by atoms with Crippen LogP contribution < -0.4 is 10.6 Å². The summed E-state index contributed by atoms with van der Waals surface area (Å²) in [5, 5.41) is 5.13. The Hall–Kier alpha value is -1.32. The van der Waals surface area contributed by atoms with Crippen LogP contribution in [0, 0.1) is 17.8 Å². The first-order valence-corrected chi connectivity index (χ1v) is 4.55. The van der Waals surface area contributed by atoms with Gasteiger partial charge in [0.25, 0.3) is 0 Å². The molecule has 4 nitrogen and oxygen atoms in total. The van der Waals surface area contributed by atoms with Gasteiger partial charge in [0, 0.05) is 6.04 Å². The fraction of sp³-hybridized carbons (Fsp3) is 0.556. The molecule has 0 spiro atoms. The van der Waals surface area contributed by atoms with Gasteiger partial charge in [-0.1, -0.05) is 12.2 Å². The predicted molar refractivity (Wildman–Crippen MR) is 44.7 cm³/mol. The van der Waals surface area contributed by atoms with Crippen molar-refractivity contribution in [3.05, 3.63) is 12.2 Å². The Morgan fingerprint density at radius 3 is 2.85 bits per heavy atom. The summed E-state index contributed by atoms with van der Waals surface area (Å²) in [4.78, 5) is 22.5. The maximum absolute atomic E-state index is 11.5. The maximum atomic E-state index is 11.5. The molecule has 4 atom stereocenters. The molecule has 2 fully saturated rings. The first kappa shape index (κ1) is 7.12. The van der Waals surface area contributed by atoms with Crippen LogP contribution in [0.5, 0.6) is 0 Å². The molecule has 3 rings (SSSR count). The van der Waals surface area contributed by atoms with Gasteiger partial charge in [-0.25, -0.2) is 4.79 Å². The maximum Gasteiger partial charge on any atom is 0.321 e. The van der Waals surface area contributed by atoms with Crippen molar-refractivity contribution < 1.29 is 9.59 Å². The number of carbonyl (C=O) groups excluding carboxylic acids is 2. The van der Waals surface area contributed by atoms with Crippen LogP contribution in [-0.2, 0) is 4.79 Å². The molecule has 0 unspecified atom stereocenters.